The Bertz CT molecular complexity index is 551. The molecule has 1 aromatic carbocycles. The minimum Gasteiger partial charge on any atom is -0.399 e. The molecule has 6 nitrogen and oxygen atoms in total. The van der Waals surface area contributed by atoms with Crippen molar-refractivity contribution < 1.29 is 0 Å². The van der Waals surface area contributed by atoms with Gasteiger partial charge in [0.15, 0.2) is 0 Å². The molecule has 0 atom stereocenters. The maximum Gasteiger partial charge on any atom is 0.225 e. The molecule has 18 heavy (non-hydrogen) atoms. The third kappa shape index (κ3) is 3.01. The summed E-state index contributed by atoms with van der Waals surface area (Å²) in [5.41, 5.74) is 18.6. The monoisotopic (exact) mass is 262 g/mol. The Balaban J connectivity index is 2.11. The van der Waals surface area contributed by atoms with Crippen molar-refractivity contribution in [1.29, 1.82) is 0 Å². The van der Waals surface area contributed by atoms with E-state index in [0.29, 0.717) is 11.6 Å². The molecular weight excluding hydrogens is 248 g/mol. The van der Waals surface area contributed by atoms with E-state index in [0.717, 1.165) is 16.1 Å². The van der Waals surface area contributed by atoms with Crippen molar-refractivity contribution in [3.63, 3.8) is 0 Å². The average Bonchev–Trinajstić information content (AvgIpc) is 2.26. The standard InChI is InChI=1S/C11H14N6S/c1-6-4-7(12)2-3-8(6)18-5-9-15-10(13)17-11(14)16-9/h2-4H,5,12H2,1H3,(H4,13,14,15,16,17). The number of aromatic nitrogens is 3. The zero-order valence-electron chi connectivity index (χ0n) is 9.92. The van der Waals surface area contributed by atoms with E-state index in [1.54, 1.807) is 11.8 Å². The Kier molecular flexibility index (Phi) is 3.52. The quantitative estimate of drug-likeness (QED) is 0.562. The number of nitrogens with two attached hydrogens (primary N) is 3. The van der Waals surface area contributed by atoms with Gasteiger partial charge in [-0.25, -0.2) is 0 Å². The van der Waals surface area contributed by atoms with Crippen LogP contribution in [-0.4, -0.2) is 15.0 Å². The van der Waals surface area contributed by atoms with Crippen LogP contribution in [0.5, 0.6) is 0 Å². The number of hydrogen-bond acceptors (Lipinski definition) is 7. The van der Waals surface area contributed by atoms with Gasteiger partial charge in [0.05, 0.1) is 5.75 Å². The first kappa shape index (κ1) is 12.4. The fourth-order valence-corrected chi connectivity index (χ4v) is 2.36. The normalized spacial score (nSPS) is 10.5. The molecule has 6 N–H and O–H groups in total. The lowest BCUT2D eigenvalue weighted by Crippen LogP contribution is -2.05. The summed E-state index contributed by atoms with van der Waals surface area (Å²) in [4.78, 5) is 12.9. The highest BCUT2D eigenvalue weighted by Gasteiger charge is 2.05. The van der Waals surface area contributed by atoms with Gasteiger partial charge in [0, 0.05) is 10.6 Å². The number of nitrogen functional groups attached to an aromatic ring is 3. The number of aryl methyl sites for hydroxylation is 1. The molecule has 0 aliphatic rings. The van der Waals surface area contributed by atoms with E-state index < -0.39 is 0 Å². The lowest BCUT2D eigenvalue weighted by Gasteiger charge is -2.06. The molecule has 2 aromatic rings. The van der Waals surface area contributed by atoms with Crippen LogP contribution >= 0.6 is 11.8 Å². The number of benzene rings is 1. The summed E-state index contributed by atoms with van der Waals surface area (Å²) in [5.74, 6) is 1.45. The summed E-state index contributed by atoms with van der Waals surface area (Å²) >= 11 is 1.61. The molecule has 0 saturated carbocycles. The third-order valence-electron chi connectivity index (χ3n) is 2.27. The second-order valence-corrected chi connectivity index (χ2v) is 4.80. The highest BCUT2D eigenvalue weighted by Crippen LogP contribution is 2.26. The molecule has 94 valence electrons. The van der Waals surface area contributed by atoms with Crippen molar-refractivity contribution in [2.75, 3.05) is 17.2 Å². The molecule has 0 amide bonds. The largest absolute Gasteiger partial charge is 0.399 e. The highest BCUT2D eigenvalue weighted by molar-refractivity contribution is 7.98. The molecule has 0 unspecified atom stereocenters. The molecule has 2 rings (SSSR count). The van der Waals surface area contributed by atoms with Crippen molar-refractivity contribution in [2.45, 2.75) is 17.6 Å². The Morgan fingerprint density at radius 1 is 1.06 bits per heavy atom. The van der Waals surface area contributed by atoms with Gasteiger partial charge in [0.2, 0.25) is 11.9 Å². The van der Waals surface area contributed by atoms with E-state index in [4.69, 9.17) is 17.2 Å². The minimum absolute atomic E-state index is 0.145. The highest BCUT2D eigenvalue weighted by atomic mass is 32.2. The fourth-order valence-electron chi connectivity index (χ4n) is 1.50. The van der Waals surface area contributed by atoms with Crippen LogP contribution in [0.1, 0.15) is 11.4 Å². The smallest absolute Gasteiger partial charge is 0.225 e. The Hall–Kier alpha value is -2.02. The van der Waals surface area contributed by atoms with Gasteiger partial charge in [-0.15, -0.1) is 11.8 Å². The average molecular weight is 262 g/mol. The summed E-state index contributed by atoms with van der Waals surface area (Å²) in [6.45, 7) is 2.01. The SMILES string of the molecule is Cc1cc(N)ccc1SCc1nc(N)nc(N)n1. The lowest BCUT2D eigenvalue weighted by atomic mass is 10.2. The topological polar surface area (TPSA) is 117 Å². The van der Waals surface area contributed by atoms with Crippen LogP contribution < -0.4 is 17.2 Å². The third-order valence-corrected chi connectivity index (χ3v) is 3.44. The van der Waals surface area contributed by atoms with Crippen molar-refractivity contribution in [2.24, 2.45) is 0 Å². The first-order valence-corrected chi connectivity index (χ1v) is 6.28. The predicted molar refractivity (Wildman–Crippen MR) is 73.8 cm³/mol. The van der Waals surface area contributed by atoms with Gasteiger partial charge in [-0.2, -0.15) is 15.0 Å². The van der Waals surface area contributed by atoms with Gasteiger partial charge in [-0.3, -0.25) is 0 Å². The van der Waals surface area contributed by atoms with Crippen molar-refractivity contribution in [3.8, 4) is 0 Å². The number of anilines is 3. The van der Waals surface area contributed by atoms with Crippen LogP contribution in [0.2, 0.25) is 0 Å². The number of thioether (sulfide) groups is 1. The van der Waals surface area contributed by atoms with E-state index in [9.17, 15) is 0 Å². The Morgan fingerprint density at radius 2 is 1.72 bits per heavy atom. The maximum atomic E-state index is 5.70. The molecule has 0 aliphatic heterocycles. The van der Waals surface area contributed by atoms with Gasteiger partial charge in [-0.05, 0) is 30.7 Å². The van der Waals surface area contributed by atoms with Crippen LogP contribution in [0, 0.1) is 6.92 Å². The van der Waals surface area contributed by atoms with Crippen LogP contribution in [0.15, 0.2) is 23.1 Å². The van der Waals surface area contributed by atoms with Crippen molar-refractivity contribution in [1.82, 2.24) is 15.0 Å². The molecule has 0 aliphatic carbocycles. The second-order valence-electron chi connectivity index (χ2n) is 3.78. The molecule has 0 fully saturated rings. The van der Waals surface area contributed by atoms with Crippen LogP contribution in [0.25, 0.3) is 0 Å². The van der Waals surface area contributed by atoms with E-state index >= 15 is 0 Å². The van der Waals surface area contributed by atoms with E-state index in [1.807, 2.05) is 25.1 Å². The summed E-state index contributed by atoms with van der Waals surface area (Å²) < 4.78 is 0. The summed E-state index contributed by atoms with van der Waals surface area (Å²) in [6.07, 6.45) is 0. The summed E-state index contributed by atoms with van der Waals surface area (Å²) in [6, 6.07) is 5.77. The van der Waals surface area contributed by atoms with Gasteiger partial charge in [0.25, 0.3) is 0 Å². The molecule has 7 heteroatoms. The van der Waals surface area contributed by atoms with Gasteiger partial charge < -0.3 is 17.2 Å². The van der Waals surface area contributed by atoms with E-state index in [1.165, 1.54) is 0 Å². The lowest BCUT2D eigenvalue weighted by molar-refractivity contribution is 0.987. The van der Waals surface area contributed by atoms with E-state index in [-0.39, 0.29) is 11.9 Å². The zero-order valence-corrected chi connectivity index (χ0v) is 10.7. The Morgan fingerprint density at radius 3 is 2.33 bits per heavy atom. The van der Waals surface area contributed by atoms with Crippen LogP contribution in [-0.2, 0) is 5.75 Å². The van der Waals surface area contributed by atoms with Crippen molar-refractivity contribution >= 4 is 29.3 Å². The molecule has 0 radical (unpaired) electrons. The molecule has 1 aromatic heterocycles. The van der Waals surface area contributed by atoms with Crippen LogP contribution in [0.4, 0.5) is 17.6 Å². The summed E-state index contributed by atoms with van der Waals surface area (Å²) in [5, 5.41) is 0. The van der Waals surface area contributed by atoms with Crippen molar-refractivity contribution in [3.05, 3.63) is 29.6 Å². The number of nitrogens with zero attached hydrogens (tertiary/aromatic N) is 3. The first-order chi connectivity index (χ1) is 8.54. The molecular formula is C11H14N6S. The fraction of sp³-hybridized carbons (Fsp3) is 0.182. The first-order valence-electron chi connectivity index (χ1n) is 5.29. The maximum absolute atomic E-state index is 5.70. The van der Waals surface area contributed by atoms with Gasteiger partial charge in [0.1, 0.15) is 5.82 Å². The van der Waals surface area contributed by atoms with Gasteiger partial charge in [-0.1, -0.05) is 0 Å². The predicted octanol–water partition coefficient (Wildman–Crippen LogP) is 1.22. The summed E-state index contributed by atoms with van der Waals surface area (Å²) in [7, 11) is 0. The molecule has 0 bridgehead atoms. The molecule has 1 heterocycles. The van der Waals surface area contributed by atoms with Crippen LogP contribution in [0.3, 0.4) is 0 Å². The number of rotatable bonds is 3. The Labute approximate surface area is 109 Å². The zero-order chi connectivity index (χ0) is 13.1. The number of hydrogen-bond donors (Lipinski definition) is 3. The second kappa shape index (κ2) is 5.09. The minimum atomic E-state index is 0.145. The molecule has 0 spiro atoms. The molecule has 0 saturated heterocycles. The van der Waals surface area contributed by atoms with Gasteiger partial charge >= 0.3 is 0 Å². The van der Waals surface area contributed by atoms with E-state index in [2.05, 4.69) is 15.0 Å².